The van der Waals surface area contributed by atoms with E-state index in [1.165, 1.54) is 24.3 Å². The monoisotopic (exact) mass is 296 g/mol. The van der Waals surface area contributed by atoms with Gasteiger partial charge in [-0.2, -0.15) is 14.0 Å². The van der Waals surface area contributed by atoms with E-state index in [1.54, 1.807) is 6.07 Å². The van der Waals surface area contributed by atoms with Gasteiger partial charge < -0.3 is 10.1 Å². The summed E-state index contributed by atoms with van der Waals surface area (Å²) < 4.78 is 55.4. The summed E-state index contributed by atoms with van der Waals surface area (Å²) in [6.07, 6.45) is 0. The van der Waals surface area contributed by atoms with Gasteiger partial charge in [-0.15, -0.1) is 0 Å². The van der Waals surface area contributed by atoms with Crippen molar-refractivity contribution in [2.75, 3.05) is 5.32 Å². The summed E-state index contributed by atoms with van der Waals surface area (Å²) in [7, 11) is 0. The zero-order chi connectivity index (χ0) is 15.4. The standard InChI is InChI=1S/C14H8F4N2O/c15-11-5-8(7-19)6-12(16)13(11)20-9-1-3-10(4-2-9)21-14(17)18/h1-6,14,20H. The number of hydrogen-bond acceptors (Lipinski definition) is 3. The Morgan fingerprint density at radius 2 is 1.62 bits per heavy atom. The number of anilines is 2. The molecule has 108 valence electrons. The molecule has 7 heteroatoms. The maximum Gasteiger partial charge on any atom is 0.387 e. The lowest BCUT2D eigenvalue weighted by atomic mass is 10.2. The molecule has 21 heavy (non-hydrogen) atoms. The molecule has 0 aliphatic heterocycles. The number of nitrogens with one attached hydrogen (secondary N) is 1. The van der Waals surface area contributed by atoms with E-state index in [-0.39, 0.29) is 17.0 Å². The van der Waals surface area contributed by atoms with Crippen LogP contribution < -0.4 is 10.1 Å². The van der Waals surface area contributed by atoms with Gasteiger partial charge in [0.05, 0.1) is 11.6 Å². The van der Waals surface area contributed by atoms with Crippen molar-refractivity contribution in [3.63, 3.8) is 0 Å². The van der Waals surface area contributed by atoms with E-state index in [4.69, 9.17) is 5.26 Å². The number of alkyl halides is 2. The molecule has 0 aliphatic carbocycles. The highest BCUT2D eigenvalue weighted by atomic mass is 19.3. The van der Waals surface area contributed by atoms with Crippen LogP contribution in [-0.4, -0.2) is 6.61 Å². The molecule has 2 rings (SSSR count). The first-order valence-corrected chi connectivity index (χ1v) is 5.70. The molecule has 0 bridgehead atoms. The van der Waals surface area contributed by atoms with Crippen LogP contribution in [0, 0.1) is 23.0 Å². The van der Waals surface area contributed by atoms with Crippen molar-refractivity contribution in [2.45, 2.75) is 6.61 Å². The van der Waals surface area contributed by atoms with E-state index >= 15 is 0 Å². The van der Waals surface area contributed by atoms with Crippen molar-refractivity contribution in [2.24, 2.45) is 0 Å². The lowest BCUT2D eigenvalue weighted by molar-refractivity contribution is -0.0498. The van der Waals surface area contributed by atoms with Crippen molar-refractivity contribution in [1.82, 2.24) is 0 Å². The number of ether oxygens (including phenoxy) is 1. The molecule has 3 nitrogen and oxygen atoms in total. The summed E-state index contributed by atoms with van der Waals surface area (Å²) in [5.41, 5.74) is -0.299. The first kappa shape index (κ1) is 14.7. The summed E-state index contributed by atoms with van der Waals surface area (Å²) in [5, 5.41) is 11.1. The van der Waals surface area contributed by atoms with Gasteiger partial charge in [0.15, 0.2) is 11.6 Å². The molecule has 0 aromatic heterocycles. The molecular formula is C14H8F4N2O. The van der Waals surface area contributed by atoms with Gasteiger partial charge in [0.25, 0.3) is 0 Å². The minimum Gasteiger partial charge on any atom is -0.435 e. The van der Waals surface area contributed by atoms with E-state index in [2.05, 4.69) is 10.1 Å². The van der Waals surface area contributed by atoms with Crippen LogP contribution in [0.3, 0.4) is 0 Å². The third-order valence-electron chi connectivity index (χ3n) is 2.52. The second-order valence-electron chi connectivity index (χ2n) is 3.95. The highest BCUT2D eigenvalue weighted by Crippen LogP contribution is 2.26. The fourth-order valence-corrected chi connectivity index (χ4v) is 1.62. The molecule has 0 radical (unpaired) electrons. The van der Waals surface area contributed by atoms with E-state index < -0.39 is 23.9 Å². The Morgan fingerprint density at radius 3 is 2.10 bits per heavy atom. The van der Waals surface area contributed by atoms with Crippen LogP contribution in [0.25, 0.3) is 0 Å². The van der Waals surface area contributed by atoms with Gasteiger partial charge in [-0.05, 0) is 36.4 Å². The number of halogens is 4. The second-order valence-corrected chi connectivity index (χ2v) is 3.95. The predicted molar refractivity (Wildman–Crippen MR) is 67.4 cm³/mol. The molecule has 0 saturated carbocycles. The van der Waals surface area contributed by atoms with Gasteiger partial charge in [-0.3, -0.25) is 0 Å². The molecule has 0 heterocycles. The van der Waals surface area contributed by atoms with Crippen LogP contribution in [0.1, 0.15) is 5.56 Å². The number of rotatable bonds is 4. The average molecular weight is 296 g/mol. The van der Waals surface area contributed by atoms with E-state index in [0.29, 0.717) is 0 Å². The van der Waals surface area contributed by atoms with Gasteiger partial charge in [0, 0.05) is 5.69 Å². The minimum atomic E-state index is -2.95. The summed E-state index contributed by atoms with van der Waals surface area (Å²) in [6, 6.07) is 8.52. The van der Waals surface area contributed by atoms with Crippen molar-refractivity contribution >= 4 is 11.4 Å². The van der Waals surface area contributed by atoms with Crippen molar-refractivity contribution in [3.05, 3.63) is 53.6 Å². The third kappa shape index (κ3) is 3.63. The Morgan fingerprint density at radius 1 is 1.05 bits per heavy atom. The Labute approximate surface area is 117 Å². The van der Waals surface area contributed by atoms with Crippen LogP contribution in [0.4, 0.5) is 28.9 Å². The molecule has 0 unspecified atom stereocenters. The first-order valence-electron chi connectivity index (χ1n) is 5.70. The summed E-state index contributed by atoms with van der Waals surface area (Å²) in [4.78, 5) is 0. The quantitative estimate of drug-likeness (QED) is 0.861. The highest BCUT2D eigenvalue weighted by Gasteiger charge is 2.12. The van der Waals surface area contributed by atoms with Gasteiger partial charge in [0.1, 0.15) is 11.4 Å². The van der Waals surface area contributed by atoms with E-state index in [0.717, 1.165) is 12.1 Å². The van der Waals surface area contributed by atoms with Crippen LogP contribution in [0.15, 0.2) is 36.4 Å². The zero-order valence-electron chi connectivity index (χ0n) is 10.4. The summed E-state index contributed by atoms with van der Waals surface area (Å²) >= 11 is 0. The molecule has 0 amide bonds. The summed E-state index contributed by atoms with van der Waals surface area (Å²) in [5.74, 6) is -1.93. The normalized spacial score (nSPS) is 10.3. The zero-order valence-corrected chi connectivity index (χ0v) is 10.4. The lowest BCUT2D eigenvalue weighted by Crippen LogP contribution is -2.02. The van der Waals surface area contributed by atoms with Crippen LogP contribution >= 0.6 is 0 Å². The fraction of sp³-hybridized carbons (Fsp3) is 0.0714. The molecule has 2 aromatic carbocycles. The Bertz CT molecular complexity index is 657. The summed E-state index contributed by atoms with van der Waals surface area (Å²) in [6.45, 7) is -2.95. The predicted octanol–water partition coefficient (Wildman–Crippen LogP) is 4.18. The van der Waals surface area contributed by atoms with Crippen molar-refractivity contribution in [1.29, 1.82) is 5.26 Å². The van der Waals surface area contributed by atoms with Crippen molar-refractivity contribution in [3.8, 4) is 11.8 Å². The highest BCUT2D eigenvalue weighted by molar-refractivity contribution is 5.62. The Balaban J connectivity index is 2.21. The molecule has 1 N–H and O–H groups in total. The Kier molecular flexibility index (Phi) is 4.28. The Hall–Kier alpha value is -2.75. The van der Waals surface area contributed by atoms with Crippen LogP contribution in [0.2, 0.25) is 0 Å². The lowest BCUT2D eigenvalue weighted by Gasteiger charge is -2.10. The SMILES string of the molecule is N#Cc1cc(F)c(Nc2ccc(OC(F)F)cc2)c(F)c1. The van der Waals surface area contributed by atoms with Gasteiger partial charge in [-0.25, -0.2) is 8.78 Å². The maximum atomic E-state index is 13.7. The topological polar surface area (TPSA) is 45.0 Å². The minimum absolute atomic E-state index is 0.0728. The first-order chi connectivity index (χ1) is 9.99. The largest absolute Gasteiger partial charge is 0.435 e. The maximum absolute atomic E-state index is 13.7. The van der Waals surface area contributed by atoms with Gasteiger partial charge >= 0.3 is 6.61 Å². The van der Waals surface area contributed by atoms with E-state index in [1.807, 2.05) is 0 Å². The molecule has 0 fully saturated rings. The van der Waals surface area contributed by atoms with Gasteiger partial charge in [0.2, 0.25) is 0 Å². The van der Waals surface area contributed by atoms with E-state index in [9.17, 15) is 17.6 Å². The number of benzene rings is 2. The fourth-order valence-electron chi connectivity index (χ4n) is 1.62. The average Bonchev–Trinajstić information content (AvgIpc) is 2.43. The van der Waals surface area contributed by atoms with Crippen LogP contribution in [-0.2, 0) is 0 Å². The molecule has 0 aliphatic rings. The number of hydrogen-bond donors (Lipinski definition) is 1. The molecule has 0 saturated heterocycles. The van der Waals surface area contributed by atoms with Crippen molar-refractivity contribution < 1.29 is 22.3 Å². The molecule has 0 spiro atoms. The smallest absolute Gasteiger partial charge is 0.387 e. The number of nitriles is 1. The van der Waals surface area contributed by atoms with Gasteiger partial charge in [-0.1, -0.05) is 0 Å². The second kappa shape index (κ2) is 6.13. The molecule has 2 aromatic rings. The number of nitrogens with zero attached hydrogens (tertiary/aromatic N) is 1. The molecular weight excluding hydrogens is 288 g/mol. The molecule has 0 atom stereocenters. The third-order valence-corrected chi connectivity index (χ3v) is 2.52. The van der Waals surface area contributed by atoms with Crippen LogP contribution in [0.5, 0.6) is 5.75 Å².